The molecule has 0 saturated heterocycles. The van der Waals surface area contributed by atoms with Gasteiger partial charge in [0.15, 0.2) is 0 Å². The minimum atomic E-state index is 0.0159. The molecule has 2 aromatic rings. The number of hydrogen-bond acceptors (Lipinski definition) is 2. The Hall–Kier alpha value is -2.62. The average Bonchev–Trinajstić information content (AvgIpc) is 2.56. The molecule has 4 nitrogen and oxygen atoms in total. The zero-order valence-corrected chi connectivity index (χ0v) is 14.0. The maximum absolute atomic E-state index is 12.0. The summed E-state index contributed by atoms with van der Waals surface area (Å²) in [6.07, 6.45) is 2.57. The molecule has 0 heterocycles. The van der Waals surface area contributed by atoms with E-state index in [1.165, 1.54) is 0 Å². The van der Waals surface area contributed by atoms with E-state index >= 15 is 0 Å². The Morgan fingerprint density at radius 3 is 1.88 bits per heavy atom. The van der Waals surface area contributed by atoms with Gasteiger partial charge in [-0.2, -0.15) is 0 Å². The van der Waals surface area contributed by atoms with Gasteiger partial charge in [-0.05, 0) is 43.0 Å². The highest BCUT2D eigenvalue weighted by Gasteiger charge is 2.10. The fourth-order valence-corrected chi connectivity index (χ4v) is 2.51. The molecular formula is C20H24N2O2. The summed E-state index contributed by atoms with van der Waals surface area (Å²) in [4.78, 5) is 23.8. The molecule has 0 saturated carbocycles. The van der Waals surface area contributed by atoms with E-state index < -0.39 is 0 Å². The van der Waals surface area contributed by atoms with E-state index in [9.17, 15) is 9.59 Å². The smallest absolute Gasteiger partial charge is 0.224 e. The van der Waals surface area contributed by atoms with Gasteiger partial charge in [0.1, 0.15) is 0 Å². The normalized spacial score (nSPS) is 11.5. The van der Waals surface area contributed by atoms with Crippen LogP contribution in [-0.4, -0.2) is 11.8 Å². The van der Waals surface area contributed by atoms with Crippen LogP contribution in [0.2, 0.25) is 0 Å². The SMILES string of the molecule is C[C@H](CCCC(=O)Nc1ccccc1)CC(=O)Nc1ccccc1. The summed E-state index contributed by atoms with van der Waals surface area (Å²) in [5, 5.41) is 5.76. The molecule has 0 unspecified atom stereocenters. The molecule has 0 aliphatic rings. The third-order valence-electron chi connectivity index (χ3n) is 3.75. The summed E-state index contributed by atoms with van der Waals surface area (Å²) in [6.45, 7) is 2.04. The highest BCUT2D eigenvalue weighted by atomic mass is 16.2. The van der Waals surface area contributed by atoms with Gasteiger partial charge in [-0.1, -0.05) is 43.3 Å². The molecule has 2 aromatic carbocycles. The van der Waals surface area contributed by atoms with Crippen LogP contribution in [0.1, 0.15) is 32.6 Å². The summed E-state index contributed by atoms with van der Waals surface area (Å²) in [6, 6.07) is 18.9. The number of rotatable bonds is 8. The van der Waals surface area contributed by atoms with Gasteiger partial charge in [0.25, 0.3) is 0 Å². The molecule has 0 bridgehead atoms. The molecule has 2 N–H and O–H groups in total. The number of benzene rings is 2. The van der Waals surface area contributed by atoms with Crippen LogP contribution in [0.15, 0.2) is 60.7 Å². The van der Waals surface area contributed by atoms with Gasteiger partial charge in [0.2, 0.25) is 11.8 Å². The van der Waals surface area contributed by atoms with Crippen molar-refractivity contribution in [3.63, 3.8) is 0 Å². The molecule has 126 valence electrons. The van der Waals surface area contributed by atoms with Gasteiger partial charge < -0.3 is 10.6 Å². The Morgan fingerprint density at radius 1 is 0.833 bits per heavy atom. The lowest BCUT2D eigenvalue weighted by atomic mass is 10.00. The average molecular weight is 324 g/mol. The first kappa shape index (κ1) is 17.7. The lowest BCUT2D eigenvalue weighted by molar-refractivity contribution is -0.117. The van der Waals surface area contributed by atoms with Gasteiger partial charge in [0.05, 0.1) is 0 Å². The summed E-state index contributed by atoms with van der Waals surface area (Å²) < 4.78 is 0. The van der Waals surface area contributed by atoms with Crippen molar-refractivity contribution in [3.8, 4) is 0 Å². The molecule has 0 fully saturated rings. The van der Waals surface area contributed by atoms with Gasteiger partial charge in [-0.3, -0.25) is 9.59 Å². The Bertz CT molecular complexity index is 641. The van der Waals surface area contributed by atoms with E-state index in [1.54, 1.807) is 0 Å². The van der Waals surface area contributed by atoms with E-state index in [4.69, 9.17) is 0 Å². The fraction of sp³-hybridized carbons (Fsp3) is 0.300. The van der Waals surface area contributed by atoms with Crippen molar-refractivity contribution < 1.29 is 9.59 Å². The summed E-state index contributed by atoms with van der Waals surface area (Å²) in [7, 11) is 0. The summed E-state index contributed by atoms with van der Waals surface area (Å²) >= 11 is 0. The van der Waals surface area contributed by atoms with Gasteiger partial charge in [-0.15, -0.1) is 0 Å². The zero-order chi connectivity index (χ0) is 17.2. The van der Waals surface area contributed by atoms with Crippen LogP contribution in [0.3, 0.4) is 0 Å². The van der Waals surface area contributed by atoms with Crippen molar-refractivity contribution in [1.82, 2.24) is 0 Å². The number of carbonyl (C=O) groups is 2. The third kappa shape index (κ3) is 6.65. The molecular weight excluding hydrogens is 300 g/mol. The minimum Gasteiger partial charge on any atom is -0.326 e. The second kappa shape index (κ2) is 9.50. The predicted molar refractivity (Wildman–Crippen MR) is 97.8 cm³/mol. The van der Waals surface area contributed by atoms with Crippen molar-refractivity contribution in [2.75, 3.05) is 10.6 Å². The molecule has 4 heteroatoms. The molecule has 24 heavy (non-hydrogen) atoms. The summed E-state index contributed by atoms with van der Waals surface area (Å²) in [5.74, 6) is 0.280. The van der Waals surface area contributed by atoms with Crippen LogP contribution in [-0.2, 0) is 9.59 Å². The van der Waals surface area contributed by atoms with Crippen LogP contribution >= 0.6 is 0 Å². The first-order valence-electron chi connectivity index (χ1n) is 8.33. The largest absolute Gasteiger partial charge is 0.326 e. The highest BCUT2D eigenvalue weighted by molar-refractivity contribution is 5.91. The van der Waals surface area contributed by atoms with Crippen LogP contribution < -0.4 is 10.6 Å². The van der Waals surface area contributed by atoms with Crippen molar-refractivity contribution >= 4 is 23.2 Å². The lowest BCUT2D eigenvalue weighted by Crippen LogP contribution is -2.16. The topological polar surface area (TPSA) is 58.2 Å². The van der Waals surface area contributed by atoms with Crippen molar-refractivity contribution in [3.05, 3.63) is 60.7 Å². The molecule has 0 spiro atoms. The molecule has 0 aliphatic carbocycles. The number of para-hydroxylation sites is 2. The molecule has 0 radical (unpaired) electrons. The van der Waals surface area contributed by atoms with E-state index in [2.05, 4.69) is 10.6 Å². The number of anilines is 2. The second-order valence-electron chi connectivity index (χ2n) is 6.03. The van der Waals surface area contributed by atoms with Crippen LogP contribution in [0, 0.1) is 5.92 Å². The molecule has 2 rings (SSSR count). The lowest BCUT2D eigenvalue weighted by Gasteiger charge is -2.11. The molecule has 1 atom stereocenters. The first-order valence-corrected chi connectivity index (χ1v) is 8.33. The molecule has 0 aliphatic heterocycles. The van der Waals surface area contributed by atoms with Gasteiger partial charge >= 0.3 is 0 Å². The molecule has 0 aromatic heterocycles. The number of nitrogens with one attached hydrogen (secondary N) is 2. The van der Waals surface area contributed by atoms with Gasteiger partial charge in [-0.25, -0.2) is 0 Å². The number of amides is 2. The standard InChI is InChI=1S/C20H24N2O2/c1-16(15-20(24)22-18-12-6-3-7-13-18)9-8-14-19(23)21-17-10-4-2-5-11-17/h2-7,10-13,16H,8-9,14-15H2,1H3,(H,21,23)(H,22,24)/t16-/m1/s1. The van der Waals surface area contributed by atoms with Crippen LogP contribution in [0.5, 0.6) is 0 Å². The van der Waals surface area contributed by atoms with E-state index in [-0.39, 0.29) is 17.7 Å². The predicted octanol–water partition coefficient (Wildman–Crippen LogP) is 4.46. The van der Waals surface area contributed by atoms with Crippen molar-refractivity contribution in [2.24, 2.45) is 5.92 Å². The van der Waals surface area contributed by atoms with Crippen molar-refractivity contribution in [1.29, 1.82) is 0 Å². The van der Waals surface area contributed by atoms with E-state index in [0.29, 0.717) is 12.8 Å². The fourth-order valence-electron chi connectivity index (χ4n) is 2.51. The Balaban J connectivity index is 1.63. The zero-order valence-electron chi connectivity index (χ0n) is 14.0. The third-order valence-corrected chi connectivity index (χ3v) is 3.75. The monoisotopic (exact) mass is 324 g/mol. The Morgan fingerprint density at radius 2 is 1.33 bits per heavy atom. The first-order chi connectivity index (χ1) is 11.6. The molecule has 2 amide bonds. The maximum atomic E-state index is 12.0. The summed E-state index contributed by atoms with van der Waals surface area (Å²) in [5.41, 5.74) is 1.63. The quantitative estimate of drug-likeness (QED) is 0.753. The Kier molecular flexibility index (Phi) is 7.02. The Labute approximate surface area is 143 Å². The van der Waals surface area contributed by atoms with Gasteiger partial charge in [0, 0.05) is 24.2 Å². The number of carbonyl (C=O) groups excluding carboxylic acids is 2. The minimum absolute atomic E-state index is 0.0159. The van der Waals surface area contributed by atoms with E-state index in [1.807, 2.05) is 67.6 Å². The maximum Gasteiger partial charge on any atom is 0.224 e. The van der Waals surface area contributed by atoms with Crippen molar-refractivity contribution in [2.45, 2.75) is 32.6 Å². The number of hydrogen-bond donors (Lipinski definition) is 2. The van der Waals surface area contributed by atoms with E-state index in [0.717, 1.165) is 24.2 Å². The highest BCUT2D eigenvalue weighted by Crippen LogP contribution is 2.15. The van der Waals surface area contributed by atoms with Crippen LogP contribution in [0.25, 0.3) is 0 Å². The van der Waals surface area contributed by atoms with Crippen LogP contribution in [0.4, 0.5) is 11.4 Å². The second-order valence-corrected chi connectivity index (χ2v) is 6.03.